The van der Waals surface area contributed by atoms with Gasteiger partial charge in [0.15, 0.2) is 6.29 Å². The molecule has 2 fully saturated rings. The third-order valence-corrected chi connectivity index (χ3v) is 4.97. The molecule has 1 saturated heterocycles. The van der Waals surface area contributed by atoms with E-state index in [0.29, 0.717) is 12.8 Å². The zero-order chi connectivity index (χ0) is 17.9. The average Bonchev–Trinajstić information content (AvgIpc) is 3.33. The molecule has 8 heteroatoms. The van der Waals surface area contributed by atoms with Gasteiger partial charge in [-0.25, -0.2) is 0 Å². The third kappa shape index (κ3) is 4.65. The van der Waals surface area contributed by atoms with Crippen LogP contribution >= 0.6 is 0 Å². The van der Waals surface area contributed by atoms with Crippen LogP contribution in [0.15, 0.2) is 0 Å². The topological polar surface area (TPSA) is 137 Å². The zero-order valence-corrected chi connectivity index (χ0v) is 13.8. The molecule has 1 aliphatic carbocycles. The van der Waals surface area contributed by atoms with Crippen LogP contribution in [0.4, 0.5) is 0 Å². The van der Waals surface area contributed by atoms with E-state index in [4.69, 9.17) is 14.6 Å². The fourth-order valence-electron chi connectivity index (χ4n) is 3.21. The molecule has 140 valence electrons. The van der Waals surface area contributed by atoms with Crippen molar-refractivity contribution >= 4 is 5.97 Å². The van der Waals surface area contributed by atoms with Crippen molar-refractivity contribution in [1.29, 1.82) is 0 Å². The number of hydrogen-bond donors (Lipinski definition) is 5. The number of carbonyl (C=O) groups is 1. The summed E-state index contributed by atoms with van der Waals surface area (Å²) in [5, 5.41) is 47.5. The molecule has 8 atom stereocenters. The molecule has 0 amide bonds. The molecule has 0 aromatic carbocycles. The first kappa shape index (κ1) is 19.6. The molecule has 0 aromatic heterocycles. The van der Waals surface area contributed by atoms with E-state index in [1.807, 2.05) is 6.92 Å². The van der Waals surface area contributed by atoms with Crippen molar-refractivity contribution in [3.63, 3.8) is 0 Å². The highest BCUT2D eigenvalue weighted by Gasteiger charge is 2.45. The molecule has 1 heterocycles. The number of ether oxygens (including phenoxy) is 2. The van der Waals surface area contributed by atoms with Gasteiger partial charge in [-0.05, 0) is 31.6 Å². The summed E-state index contributed by atoms with van der Waals surface area (Å²) < 4.78 is 11.1. The van der Waals surface area contributed by atoms with Crippen molar-refractivity contribution in [2.45, 2.75) is 75.8 Å². The van der Waals surface area contributed by atoms with Gasteiger partial charge in [-0.1, -0.05) is 13.3 Å². The first-order valence-electron chi connectivity index (χ1n) is 8.57. The van der Waals surface area contributed by atoms with E-state index in [2.05, 4.69) is 0 Å². The summed E-state index contributed by atoms with van der Waals surface area (Å²) in [7, 11) is 0. The molecule has 8 nitrogen and oxygen atoms in total. The maximum absolute atomic E-state index is 10.8. The van der Waals surface area contributed by atoms with Gasteiger partial charge in [0.1, 0.15) is 24.4 Å². The van der Waals surface area contributed by atoms with E-state index in [-0.39, 0.29) is 17.9 Å². The molecule has 24 heavy (non-hydrogen) atoms. The van der Waals surface area contributed by atoms with Crippen LogP contribution in [0.25, 0.3) is 0 Å². The highest BCUT2D eigenvalue weighted by Crippen LogP contribution is 2.42. The molecule has 2 rings (SSSR count). The summed E-state index contributed by atoms with van der Waals surface area (Å²) in [6, 6.07) is 0. The molecule has 0 bridgehead atoms. The molecule has 1 saturated carbocycles. The Morgan fingerprint density at radius 1 is 1.25 bits per heavy atom. The van der Waals surface area contributed by atoms with Crippen LogP contribution < -0.4 is 0 Å². The lowest BCUT2D eigenvalue weighted by Gasteiger charge is -2.40. The quantitative estimate of drug-likeness (QED) is 0.375. The Morgan fingerprint density at radius 3 is 2.50 bits per heavy atom. The van der Waals surface area contributed by atoms with Gasteiger partial charge in [-0.3, -0.25) is 4.79 Å². The van der Waals surface area contributed by atoms with Crippen molar-refractivity contribution in [2.24, 2.45) is 11.8 Å². The van der Waals surface area contributed by atoms with Gasteiger partial charge in [0, 0.05) is 0 Å². The Morgan fingerprint density at radius 2 is 1.96 bits per heavy atom. The minimum atomic E-state index is -1.44. The highest BCUT2D eigenvalue weighted by molar-refractivity contribution is 5.73. The summed E-state index contributed by atoms with van der Waals surface area (Å²) in [6.07, 6.45) is -2.81. The standard InChI is InChI=1S/C16H28O8/c1-2-9(5-3-4-8-6-10(8)15(21)22)23-16-14(20)13(19)12(18)11(7-17)24-16/h8-14,16-20H,2-7H2,1H3,(H,21,22)/t8-,9-,10+,11-,12-,13+,14-,16-/m1/s1. The molecule has 0 unspecified atom stereocenters. The Labute approximate surface area is 141 Å². The second-order valence-electron chi connectivity index (χ2n) is 6.74. The van der Waals surface area contributed by atoms with Crippen LogP contribution in [0.3, 0.4) is 0 Å². The van der Waals surface area contributed by atoms with E-state index in [0.717, 1.165) is 19.3 Å². The first-order valence-corrected chi connectivity index (χ1v) is 8.57. The number of aliphatic hydroxyl groups excluding tert-OH is 4. The number of carboxylic acid groups (broad SMARTS) is 1. The van der Waals surface area contributed by atoms with Crippen LogP contribution in [0.2, 0.25) is 0 Å². The van der Waals surface area contributed by atoms with Gasteiger partial charge in [0.2, 0.25) is 0 Å². The van der Waals surface area contributed by atoms with Gasteiger partial charge in [0.25, 0.3) is 0 Å². The number of aliphatic carboxylic acids is 1. The van der Waals surface area contributed by atoms with E-state index >= 15 is 0 Å². The minimum absolute atomic E-state index is 0.212. The summed E-state index contributed by atoms with van der Waals surface area (Å²) in [5.41, 5.74) is 0. The number of rotatable bonds is 9. The van der Waals surface area contributed by atoms with Crippen molar-refractivity contribution in [3.05, 3.63) is 0 Å². The Hall–Kier alpha value is -0.770. The van der Waals surface area contributed by atoms with Gasteiger partial charge in [0.05, 0.1) is 18.6 Å². The van der Waals surface area contributed by atoms with E-state index in [1.165, 1.54) is 0 Å². The van der Waals surface area contributed by atoms with Crippen LogP contribution in [-0.2, 0) is 14.3 Å². The molecular weight excluding hydrogens is 320 g/mol. The second-order valence-corrected chi connectivity index (χ2v) is 6.74. The molecule has 2 aliphatic rings. The fraction of sp³-hybridized carbons (Fsp3) is 0.938. The van der Waals surface area contributed by atoms with Gasteiger partial charge < -0.3 is 35.0 Å². The Kier molecular flexibility index (Phi) is 6.97. The van der Waals surface area contributed by atoms with E-state index < -0.39 is 43.3 Å². The van der Waals surface area contributed by atoms with Crippen LogP contribution in [0.1, 0.15) is 39.0 Å². The predicted molar refractivity (Wildman–Crippen MR) is 82.0 cm³/mol. The van der Waals surface area contributed by atoms with Crippen molar-refractivity contribution in [1.82, 2.24) is 0 Å². The third-order valence-electron chi connectivity index (χ3n) is 4.97. The normalized spacial score (nSPS) is 40.3. The number of aliphatic hydroxyl groups is 4. The van der Waals surface area contributed by atoms with Gasteiger partial charge in [-0.15, -0.1) is 0 Å². The second kappa shape index (κ2) is 8.55. The molecule has 1 aliphatic heterocycles. The van der Waals surface area contributed by atoms with Crippen molar-refractivity contribution in [3.8, 4) is 0 Å². The van der Waals surface area contributed by atoms with Crippen LogP contribution in [-0.4, -0.2) is 74.9 Å². The molecule has 0 radical (unpaired) electrons. The molecule has 0 spiro atoms. The SMILES string of the molecule is CC[C@H](CCC[C@@H]1C[C@@H]1C(=O)O)O[C@@H]1O[C@H](CO)[C@@H](O)[C@H](O)[C@H]1O. The molecule has 0 aromatic rings. The Bertz CT molecular complexity index is 415. The van der Waals surface area contributed by atoms with Crippen molar-refractivity contribution < 1.29 is 39.8 Å². The van der Waals surface area contributed by atoms with Crippen LogP contribution in [0, 0.1) is 11.8 Å². The largest absolute Gasteiger partial charge is 0.481 e. The van der Waals surface area contributed by atoms with E-state index in [1.54, 1.807) is 0 Å². The lowest BCUT2D eigenvalue weighted by atomic mass is 9.99. The smallest absolute Gasteiger partial charge is 0.306 e. The minimum Gasteiger partial charge on any atom is -0.481 e. The Balaban J connectivity index is 1.78. The van der Waals surface area contributed by atoms with Crippen LogP contribution in [0.5, 0.6) is 0 Å². The van der Waals surface area contributed by atoms with Gasteiger partial charge >= 0.3 is 5.97 Å². The summed E-state index contributed by atoms with van der Waals surface area (Å²) in [5.74, 6) is -0.701. The zero-order valence-electron chi connectivity index (χ0n) is 13.8. The average molecular weight is 348 g/mol. The summed E-state index contributed by atoms with van der Waals surface area (Å²) in [4.78, 5) is 10.8. The lowest BCUT2D eigenvalue weighted by molar-refractivity contribution is -0.311. The maximum atomic E-state index is 10.8. The highest BCUT2D eigenvalue weighted by atomic mass is 16.7. The van der Waals surface area contributed by atoms with Crippen molar-refractivity contribution in [2.75, 3.05) is 6.61 Å². The van der Waals surface area contributed by atoms with Gasteiger partial charge in [-0.2, -0.15) is 0 Å². The first-order chi connectivity index (χ1) is 11.4. The summed E-state index contributed by atoms with van der Waals surface area (Å²) >= 11 is 0. The monoisotopic (exact) mass is 348 g/mol. The maximum Gasteiger partial charge on any atom is 0.306 e. The fourth-order valence-corrected chi connectivity index (χ4v) is 3.21. The predicted octanol–water partition coefficient (Wildman–Crippen LogP) is -0.527. The lowest BCUT2D eigenvalue weighted by Crippen LogP contribution is -2.59. The molecule has 5 N–H and O–H groups in total. The number of hydrogen-bond acceptors (Lipinski definition) is 7. The molecular formula is C16H28O8. The number of carboxylic acids is 1. The van der Waals surface area contributed by atoms with E-state index in [9.17, 15) is 25.2 Å². The summed E-state index contributed by atoms with van der Waals surface area (Å²) in [6.45, 7) is 1.44.